The van der Waals surface area contributed by atoms with E-state index in [4.69, 9.17) is 20.8 Å². The minimum Gasteiger partial charge on any atom is -0.464 e. The summed E-state index contributed by atoms with van der Waals surface area (Å²) in [5.74, 6) is -0.322. The Balaban J connectivity index is 2.79. The summed E-state index contributed by atoms with van der Waals surface area (Å²) < 4.78 is 11.0. The quantitative estimate of drug-likeness (QED) is 0.437. The summed E-state index contributed by atoms with van der Waals surface area (Å²) in [5.41, 5.74) is 0.759. The first-order chi connectivity index (χ1) is 9.04. The molecule has 0 heterocycles. The van der Waals surface area contributed by atoms with Crippen molar-refractivity contribution in [1.29, 1.82) is 0 Å². The van der Waals surface area contributed by atoms with Gasteiger partial charge in [0.05, 0.1) is 6.61 Å². The number of hydrogen-bond acceptors (Lipinski definition) is 3. The zero-order valence-corrected chi connectivity index (χ0v) is 13.6. The number of rotatable bonds is 7. The van der Waals surface area contributed by atoms with Crippen LogP contribution in [0.3, 0.4) is 0 Å². The Morgan fingerprint density at radius 2 is 2.16 bits per heavy atom. The van der Waals surface area contributed by atoms with Gasteiger partial charge in [0.25, 0.3) is 0 Å². The van der Waals surface area contributed by atoms with Gasteiger partial charge in [-0.25, -0.2) is 4.79 Å². The first kappa shape index (κ1) is 16.2. The number of carbonyl (C=O) groups is 1. The molecule has 0 aliphatic rings. The third-order valence-corrected chi connectivity index (χ3v) is 3.57. The monoisotopic (exact) mass is 300 g/mol. The van der Waals surface area contributed by atoms with Crippen molar-refractivity contribution in [2.45, 2.75) is 39.0 Å². The van der Waals surface area contributed by atoms with Crippen LogP contribution in [-0.2, 0) is 14.0 Å². The average molecular weight is 301 g/mol. The predicted octanol–water partition coefficient (Wildman–Crippen LogP) is 3.72. The van der Waals surface area contributed by atoms with Crippen LogP contribution in [0.5, 0.6) is 0 Å². The molecule has 3 nitrogen and oxygen atoms in total. The van der Waals surface area contributed by atoms with E-state index in [-0.39, 0.29) is 5.97 Å². The second-order valence-corrected chi connectivity index (χ2v) is 7.45. The van der Waals surface area contributed by atoms with Crippen LogP contribution >= 0.6 is 11.6 Å². The van der Waals surface area contributed by atoms with Crippen LogP contribution in [0.15, 0.2) is 24.3 Å². The van der Waals surface area contributed by atoms with Crippen molar-refractivity contribution in [2.24, 2.45) is 0 Å². The Bertz CT molecular complexity index is 409. The summed E-state index contributed by atoms with van der Waals surface area (Å²) in [4.78, 5) is 12.1. The number of unbranched alkanes of at least 4 members (excludes halogenated alkanes) is 1. The van der Waals surface area contributed by atoms with Gasteiger partial charge in [0, 0.05) is 5.02 Å². The van der Waals surface area contributed by atoms with Crippen LogP contribution in [-0.4, -0.2) is 21.6 Å². The van der Waals surface area contributed by atoms with E-state index in [9.17, 15) is 4.79 Å². The molecule has 0 saturated heterocycles. The van der Waals surface area contributed by atoms with Crippen LogP contribution < -0.4 is 0 Å². The van der Waals surface area contributed by atoms with Crippen LogP contribution in [0.4, 0.5) is 0 Å². The molecular formula is C14H21ClO3Si. The van der Waals surface area contributed by atoms with Crippen molar-refractivity contribution < 1.29 is 14.0 Å². The molecule has 1 rings (SSSR count). The van der Waals surface area contributed by atoms with E-state index in [0.29, 0.717) is 11.6 Å². The Labute approximate surface area is 121 Å². The highest BCUT2D eigenvalue weighted by atomic mass is 35.5. The fraction of sp³-hybridized carbons (Fsp3) is 0.500. The molecule has 0 aromatic heterocycles. The van der Waals surface area contributed by atoms with Crippen molar-refractivity contribution >= 4 is 26.6 Å². The molecule has 106 valence electrons. The molecule has 0 fully saturated rings. The van der Waals surface area contributed by atoms with Gasteiger partial charge in [-0.1, -0.05) is 37.1 Å². The molecule has 0 N–H and O–H groups in total. The van der Waals surface area contributed by atoms with E-state index in [2.05, 4.69) is 6.92 Å². The van der Waals surface area contributed by atoms with Crippen molar-refractivity contribution in [1.82, 2.24) is 0 Å². The van der Waals surface area contributed by atoms with Gasteiger partial charge in [-0.3, -0.25) is 0 Å². The molecule has 5 heteroatoms. The smallest absolute Gasteiger partial charge is 0.338 e. The SMILES string of the molecule is CCCCOC(=O)C(O[SiH](C)C)c1cccc(Cl)c1. The molecule has 1 aromatic rings. The van der Waals surface area contributed by atoms with E-state index >= 15 is 0 Å². The molecule has 0 radical (unpaired) electrons. The molecule has 0 spiro atoms. The Kier molecular flexibility index (Phi) is 7.13. The second kappa shape index (κ2) is 8.35. The third kappa shape index (κ3) is 5.76. The van der Waals surface area contributed by atoms with E-state index in [1.165, 1.54) is 0 Å². The maximum Gasteiger partial charge on any atom is 0.338 e. The van der Waals surface area contributed by atoms with E-state index in [0.717, 1.165) is 18.4 Å². The number of esters is 1. The maximum absolute atomic E-state index is 12.1. The van der Waals surface area contributed by atoms with Crippen LogP contribution in [0.25, 0.3) is 0 Å². The summed E-state index contributed by atoms with van der Waals surface area (Å²) in [5, 5.41) is 0.595. The highest BCUT2D eigenvalue weighted by Crippen LogP contribution is 2.23. The number of hydrogen-bond donors (Lipinski definition) is 0. The number of carbonyl (C=O) groups excluding carboxylic acids is 1. The topological polar surface area (TPSA) is 35.5 Å². The van der Waals surface area contributed by atoms with Crippen molar-refractivity contribution in [3.63, 3.8) is 0 Å². The normalized spacial score (nSPS) is 12.5. The molecule has 1 aromatic carbocycles. The summed E-state index contributed by atoms with van der Waals surface area (Å²) in [6, 6.07) is 7.19. The first-order valence-electron chi connectivity index (χ1n) is 6.62. The van der Waals surface area contributed by atoms with E-state index in [1.807, 2.05) is 25.2 Å². The minimum absolute atomic E-state index is 0.322. The minimum atomic E-state index is -1.36. The van der Waals surface area contributed by atoms with Gasteiger partial charge in [-0.2, -0.15) is 0 Å². The van der Waals surface area contributed by atoms with Gasteiger partial charge in [-0.05, 0) is 37.2 Å². The van der Waals surface area contributed by atoms with Crippen molar-refractivity contribution in [2.75, 3.05) is 6.61 Å². The average Bonchev–Trinajstić information content (AvgIpc) is 2.36. The van der Waals surface area contributed by atoms with Crippen molar-refractivity contribution in [3.05, 3.63) is 34.9 Å². The lowest BCUT2D eigenvalue weighted by Crippen LogP contribution is -2.24. The molecule has 0 saturated carbocycles. The zero-order chi connectivity index (χ0) is 14.3. The molecule has 1 unspecified atom stereocenters. The lowest BCUT2D eigenvalue weighted by molar-refractivity contribution is -0.152. The lowest BCUT2D eigenvalue weighted by atomic mass is 10.1. The Morgan fingerprint density at radius 3 is 2.74 bits per heavy atom. The van der Waals surface area contributed by atoms with Gasteiger partial charge < -0.3 is 9.16 Å². The summed E-state index contributed by atoms with van der Waals surface area (Å²) >= 11 is 5.96. The van der Waals surface area contributed by atoms with E-state index in [1.54, 1.807) is 12.1 Å². The molecular weight excluding hydrogens is 280 g/mol. The lowest BCUT2D eigenvalue weighted by Gasteiger charge is -2.19. The van der Waals surface area contributed by atoms with Crippen LogP contribution in [0.1, 0.15) is 31.4 Å². The highest BCUT2D eigenvalue weighted by molar-refractivity contribution is 6.48. The molecule has 0 bridgehead atoms. The van der Waals surface area contributed by atoms with Gasteiger partial charge in [-0.15, -0.1) is 0 Å². The van der Waals surface area contributed by atoms with Gasteiger partial charge in [0.15, 0.2) is 15.1 Å². The number of halogens is 1. The summed E-state index contributed by atoms with van der Waals surface area (Å²) in [6.45, 7) is 6.54. The second-order valence-electron chi connectivity index (χ2n) is 4.64. The van der Waals surface area contributed by atoms with Gasteiger partial charge >= 0.3 is 5.97 Å². The summed E-state index contributed by atoms with van der Waals surface area (Å²) in [7, 11) is -1.36. The Hall–Kier alpha value is -0.843. The van der Waals surface area contributed by atoms with Gasteiger partial charge in [0.1, 0.15) is 0 Å². The molecule has 0 amide bonds. The number of benzene rings is 1. The Morgan fingerprint density at radius 1 is 1.42 bits per heavy atom. The molecule has 0 aliphatic heterocycles. The third-order valence-electron chi connectivity index (χ3n) is 2.52. The van der Waals surface area contributed by atoms with E-state index < -0.39 is 15.1 Å². The zero-order valence-electron chi connectivity index (χ0n) is 11.7. The van der Waals surface area contributed by atoms with Gasteiger partial charge in [0.2, 0.25) is 0 Å². The van der Waals surface area contributed by atoms with Crippen molar-refractivity contribution in [3.8, 4) is 0 Å². The molecule has 0 aliphatic carbocycles. The molecule has 19 heavy (non-hydrogen) atoms. The standard InChI is InChI=1S/C14H21ClO3Si/c1-4-5-9-17-14(16)13(18-19(2)3)11-7-6-8-12(15)10-11/h6-8,10,13,19H,4-5,9H2,1-3H3. The predicted molar refractivity (Wildman–Crippen MR) is 80.0 cm³/mol. The molecule has 1 atom stereocenters. The largest absolute Gasteiger partial charge is 0.464 e. The van der Waals surface area contributed by atoms with Crippen LogP contribution in [0, 0.1) is 0 Å². The summed E-state index contributed by atoms with van der Waals surface area (Å²) in [6.07, 6.45) is 1.21. The van der Waals surface area contributed by atoms with Crippen LogP contribution in [0.2, 0.25) is 18.1 Å². The first-order valence-corrected chi connectivity index (χ1v) is 9.78. The maximum atomic E-state index is 12.1. The highest BCUT2D eigenvalue weighted by Gasteiger charge is 2.24. The fourth-order valence-corrected chi connectivity index (χ4v) is 2.62. The number of ether oxygens (including phenoxy) is 1. The fourth-order valence-electron chi connectivity index (χ4n) is 1.60.